The van der Waals surface area contributed by atoms with E-state index >= 15 is 0 Å². The summed E-state index contributed by atoms with van der Waals surface area (Å²) in [5.74, 6) is -2.76. The van der Waals surface area contributed by atoms with Crippen LogP contribution in [-0.2, 0) is 9.53 Å². The lowest BCUT2D eigenvalue weighted by Gasteiger charge is -2.30. The van der Waals surface area contributed by atoms with Gasteiger partial charge in [0.25, 0.3) is 0 Å². The molecule has 0 aliphatic carbocycles. The van der Waals surface area contributed by atoms with E-state index in [1.807, 2.05) is 10.2 Å². The summed E-state index contributed by atoms with van der Waals surface area (Å²) in [5, 5.41) is 1.92. The van der Waals surface area contributed by atoms with E-state index in [4.69, 9.17) is 4.74 Å². The smallest absolute Gasteiger partial charge is 0.378 e. The van der Waals surface area contributed by atoms with Crippen LogP contribution in [0.2, 0.25) is 0 Å². The van der Waals surface area contributed by atoms with Gasteiger partial charge in [-0.2, -0.15) is 13.2 Å². The van der Waals surface area contributed by atoms with Crippen molar-refractivity contribution >= 4 is 17.7 Å². The molecule has 30 heavy (non-hydrogen) atoms. The van der Waals surface area contributed by atoms with E-state index in [1.165, 1.54) is 18.2 Å². The van der Waals surface area contributed by atoms with Gasteiger partial charge in [0.05, 0.1) is 13.2 Å². The highest BCUT2D eigenvalue weighted by Crippen LogP contribution is 2.34. The summed E-state index contributed by atoms with van der Waals surface area (Å²) < 4.78 is 72.6. The molecular weight excluding hydrogens is 407 g/mol. The topological polar surface area (TPSA) is 41.6 Å². The number of rotatable bonds is 5. The van der Waals surface area contributed by atoms with Crippen LogP contribution in [0.15, 0.2) is 48.5 Å². The Balaban J connectivity index is 1.78. The van der Waals surface area contributed by atoms with Gasteiger partial charge in [-0.3, -0.25) is 4.79 Å². The second-order valence-corrected chi connectivity index (χ2v) is 6.71. The SMILES string of the molecule is O=C(/C=C/c1cc(F)cc(F)c1)NC(c1cccc(N2CCOCC2)c1)C(F)(F)F. The van der Waals surface area contributed by atoms with Crippen molar-refractivity contribution in [2.24, 2.45) is 0 Å². The summed E-state index contributed by atoms with van der Waals surface area (Å²) in [5.41, 5.74) is 0.496. The maximum absolute atomic E-state index is 13.6. The van der Waals surface area contributed by atoms with Crippen molar-refractivity contribution in [1.82, 2.24) is 5.32 Å². The van der Waals surface area contributed by atoms with Gasteiger partial charge in [0.1, 0.15) is 11.6 Å². The fourth-order valence-corrected chi connectivity index (χ4v) is 3.11. The molecule has 4 nitrogen and oxygen atoms in total. The van der Waals surface area contributed by atoms with Gasteiger partial charge in [0, 0.05) is 30.9 Å². The number of amides is 1. The van der Waals surface area contributed by atoms with Gasteiger partial charge < -0.3 is 15.0 Å². The number of benzene rings is 2. The first kappa shape index (κ1) is 21.8. The van der Waals surface area contributed by atoms with Crippen LogP contribution in [0.1, 0.15) is 17.2 Å². The Labute approximate surface area is 169 Å². The molecule has 1 aliphatic rings. The number of alkyl halides is 3. The van der Waals surface area contributed by atoms with Gasteiger partial charge in [0.2, 0.25) is 5.91 Å². The van der Waals surface area contributed by atoms with Crippen LogP contribution in [0.25, 0.3) is 6.08 Å². The Morgan fingerprint density at radius 3 is 2.37 bits per heavy atom. The molecule has 1 unspecified atom stereocenters. The molecule has 9 heteroatoms. The van der Waals surface area contributed by atoms with Crippen molar-refractivity contribution in [3.63, 3.8) is 0 Å². The molecule has 1 saturated heterocycles. The first-order valence-corrected chi connectivity index (χ1v) is 9.16. The van der Waals surface area contributed by atoms with Crippen molar-refractivity contribution in [3.8, 4) is 0 Å². The number of morpholine rings is 1. The number of carbonyl (C=O) groups excluding carboxylic acids is 1. The van der Waals surface area contributed by atoms with Crippen LogP contribution in [0, 0.1) is 11.6 Å². The molecule has 1 aliphatic heterocycles. The van der Waals surface area contributed by atoms with Gasteiger partial charge in [-0.05, 0) is 41.5 Å². The Morgan fingerprint density at radius 1 is 1.07 bits per heavy atom. The Kier molecular flexibility index (Phi) is 6.71. The highest BCUT2D eigenvalue weighted by Gasteiger charge is 2.41. The lowest BCUT2D eigenvalue weighted by atomic mass is 10.0. The normalized spacial score (nSPS) is 16.0. The first-order valence-electron chi connectivity index (χ1n) is 9.16. The van der Waals surface area contributed by atoms with E-state index in [0.717, 1.165) is 24.3 Å². The number of ether oxygens (including phenoxy) is 1. The molecule has 3 rings (SSSR count). The van der Waals surface area contributed by atoms with Crippen molar-refractivity contribution in [1.29, 1.82) is 0 Å². The van der Waals surface area contributed by atoms with Crippen molar-refractivity contribution < 1.29 is 31.5 Å². The molecule has 160 valence electrons. The number of carbonyl (C=O) groups is 1. The number of nitrogens with one attached hydrogen (secondary N) is 1. The number of halogens is 5. The van der Waals surface area contributed by atoms with E-state index in [1.54, 1.807) is 6.07 Å². The highest BCUT2D eigenvalue weighted by molar-refractivity contribution is 5.92. The van der Waals surface area contributed by atoms with Crippen LogP contribution in [-0.4, -0.2) is 38.4 Å². The molecule has 0 spiro atoms. The molecule has 2 aromatic carbocycles. The van der Waals surface area contributed by atoms with Gasteiger partial charge in [-0.15, -0.1) is 0 Å². The Bertz CT molecular complexity index is 904. The monoisotopic (exact) mass is 426 g/mol. The van der Waals surface area contributed by atoms with Gasteiger partial charge in [0.15, 0.2) is 6.04 Å². The molecule has 1 amide bonds. The van der Waals surface area contributed by atoms with E-state index in [-0.39, 0.29) is 11.1 Å². The zero-order valence-electron chi connectivity index (χ0n) is 15.8. The molecule has 2 aromatic rings. The standard InChI is InChI=1S/C21H19F5N2O2/c22-16-10-14(11-17(23)13-16)4-5-19(29)27-20(21(24,25)26)15-2-1-3-18(12-15)28-6-8-30-9-7-28/h1-5,10-13,20H,6-9H2,(H,27,29)/b5-4+. The van der Waals surface area contributed by atoms with Crippen molar-refractivity contribution in [2.45, 2.75) is 12.2 Å². The van der Waals surface area contributed by atoms with Gasteiger partial charge >= 0.3 is 6.18 Å². The molecule has 0 aromatic heterocycles. The second-order valence-electron chi connectivity index (χ2n) is 6.71. The summed E-state index contributed by atoms with van der Waals surface area (Å²) >= 11 is 0. The predicted molar refractivity (Wildman–Crippen MR) is 102 cm³/mol. The number of anilines is 1. The van der Waals surface area contributed by atoms with Crippen LogP contribution < -0.4 is 10.2 Å². The van der Waals surface area contributed by atoms with Crippen LogP contribution >= 0.6 is 0 Å². The highest BCUT2D eigenvalue weighted by atomic mass is 19.4. The average Bonchev–Trinajstić information content (AvgIpc) is 2.70. The minimum absolute atomic E-state index is 0.0144. The summed E-state index contributed by atoms with van der Waals surface area (Å²) in [6.45, 7) is 2.07. The van der Waals surface area contributed by atoms with Crippen molar-refractivity contribution in [3.05, 3.63) is 71.3 Å². The molecule has 1 atom stereocenters. The van der Waals surface area contributed by atoms with E-state index in [0.29, 0.717) is 38.1 Å². The maximum Gasteiger partial charge on any atom is 0.412 e. The Hall–Kier alpha value is -2.94. The van der Waals surface area contributed by atoms with E-state index < -0.39 is 29.8 Å². The molecular formula is C21H19F5N2O2. The molecule has 1 fully saturated rings. The van der Waals surface area contributed by atoms with Gasteiger partial charge in [-0.25, -0.2) is 8.78 Å². The summed E-state index contributed by atoms with van der Waals surface area (Å²) in [7, 11) is 0. The zero-order chi connectivity index (χ0) is 21.7. The summed E-state index contributed by atoms with van der Waals surface area (Å²) in [6, 6.07) is 6.20. The minimum atomic E-state index is -4.74. The van der Waals surface area contributed by atoms with Crippen LogP contribution in [0.3, 0.4) is 0 Å². The number of hydrogen-bond donors (Lipinski definition) is 1. The minimum Gasteiger partial charge on any atom is -0.378 e. The quantitative estimate of drug-likeness (QED) is 0.575. The summed E-state index contributed by atoms with van der Waals surface area (Å²) in [4.78, 5) is 14.0. The molecule has 1 N–H and O–H groups in total. The van der Waals surface area contributed by atoms with Crippen LogP contribution in [0.5, 0.6) is 0 Å². The third-order valence-electron chi connectivity index (χ3n) is 4.51. The zero-order valence-corrected chi connectivity index (χ0v) is 15.8. The van der Waals surface area contributed by atoms with Crippen molar-refractivity contribution in [2.75, 3.05) is 31.2 Å². The average molecular weight is 426 g/mol. The number of hydrogen-bond acceptors (Lipinski definition) is 3. The summed E-state index contributed by atoms with van der Waals surface area (Å²) in [6.07, 6.45) is -2.89. The lowest BCUT2D eigenvalue weighted by Crippen LogP contribution is -2.38. The second kappa shape index (κ2) is 9.25. The predicted octanol–water partition coefficient (Wildman–Crippen LogP) is 4.23. The lowest BCUT2D eigenvalue weighted by molar-refractivity contribution is -0.162. The third-order valence-corrected chi connectivity index (χ3v) is 4.51. The molecule has 0 saturated carbocycles. The van der Waals surface area contributed by atoms with E-state index in [9.17, 15) is 26.7 Å². The Morgan fingerprint density at radius 2 is 1.73 bits per heavy atom. The van der Waals surface area contributed by atoms with Crippen LogP contribution in [0.4, 0.5) is 27.6 Å². The fraction of sp³-hybridized carbons (Fsp3) is 0.286. The fourth-order valence-electron chi connectivity index (χ4n) is 3.11. The van der Waals surface area contributed by atoms with Gasteiger partial charge in [-0.1, -0.05) is 12.1 Å². The molecule has 0 bridgehead atoms. The molecule has 1 heterocycles. The van der Waals surface area contributed by atoms with E-state index in [2.05, 4.69) is 0 Å². The first-order chi connectivity index (χ1) is 14.2. The third kappa shape index (κ3) is 5.79. The maximum atomic E-state index is 13.6. The number of nitrogens with zero attached hydrogens (tertiary/aromatic N) is 1. The molecule has 0 radical (unpaired) electrons. The largest absolute Gasteiger partial charge is 0.412 e.